The Morgan fingerprint density at radius 2 is 1.68 bits per heavy atom. The first-order valence-corrected chi connectivity index (χ1v) is 13.1. The van der Waals surface area contributed by atoms with E-state index in [1.165, 1.54) is 34.0 Å². The molecular weight excluding hydrogens is 474 g/mol. The number of nitrogens with one attached hydrogen (secondary N) is 2. The second-order valence-electron chi connectivity index (χ2n) is 10.0. The molecule has 38 heavy (non-hydrogen) atoms. The first-order valence-electron chi connectivity index (χ1n) is 13.1. The molecule has 1 saturated heterocycles. The van der Waals surface area contributed by atoms with Crippen molar-refractivity contribution in [3.05, 3.63) is 114 Å². The van der Waals surface area contributed by atoms with Gasteiger partial charge in [0.25, 0.3) is 0 Å². The molecule has 0 bridgehead atoms. The van der Waals surface area contributed by atoms with Crippen LogP contribution in [0.3, 0.4) is 0 Å². The molecule has 2 unspecified atom stereocenters. The van der Waals surface area contributed by atoms with Gasteiger partial charge in [0.05, 0.1) is 5.56 Å². The second kappa shape index (κ2) is 11.5. The van der Waals surface area contributed by atoms with E-state index in [0.29, 0.717) is 24.7 Å². The molecule has 3 atom stereocenters. The van der Waals surface area contributed by atoms with E-state index in [9.17, 15) is 14.7 Å². The highest BCUT2D eigenvalue weighted by Crippen LogP contribution is 2.34. The zero-order chi connectivity index (χ0) is 26.5. The lowest BCUT2D eigenvalue weighted by molar-refractivity contribution is 0.0697. The molecular formula is C32H33N3O3. The van der Waals surface area contributed by atoms with Crippen molar-refractivity contribution in [3.8, 4) is 0 Å². The van der Waals surface area contributed by atoms with Gasteiger partial charge in [-0.3, -0.25) is 0 Å². The van der Waals surface area contributed by atoms with E-state index in [1.807, 2.05) is 11.0 Å². The molecule has 1 aliphatic heterocycles. The number of carboxylic acids is 1. The molecule has 2 amide bonds. The van der Waals surface area contributed by atoms with Gasteiger partial charge < -0.3 is 20.6 Å². The molecule has 1 aliphatic rings. The molecule has 1 heterocycles. The maximum atomic E-state index is 13.2. The number of rotatable bonds is 7. The van der Waals surface area contributed by atoms with E-state index in [4.69, 9.17) is 0 Å². The van der Waals surface area contributed by atoms with Gasteiger partial charge in [-0.15, -0.1) is 0 Å². The lowest BCUT2D eigenvalue weighted by atomic mass is 9.80. The molecule has 5 rings (SSSR count). The van der Waals surface area contributed by atoms with Gasteiger partial charge in [0.15, 0.2) is 0 Å². The summed E-state index contributed by atoms with van der Waals surface area (Å²) in [5.41, 5.74) is 3.20. The summed E-state index contributed by atoms with van der Waals surface area (Å²) in [6.07, 6.45) is 0.863. The molecule has 0 spiro atoms. The average molecular weight is 508 g/mol. The number of hydrogen-bond acceptors (Lipinski definition) is 3. The molecule has 6 heteroatoms. The first kappa shape index (κ1) is 25.5. The third-order valence-corrected chi connectivity index (χ3v) is 7.59. The number of carbonyl (C=O) groups is 2. The quantitative estimate of drug-likeness (QED) is 0.266. The molecule has 194 valence electrons. The van der Waals surface area contributed by atoms with Crippen LogP contribution in [0.2, 0.25) is 0 Å². The fraction of sp³-hybridized carbons (Fsp3) is 0.250. The summed E-state index contributed by atoms with van der Waals surface area (Å²) in [5.74, 6) is -0.460. The minimum absolute atomic E-state index is 0.148. The van der Waals surface area contributed by atoms with Gasteiger partial charge in [-0.1, -0.05) is 78.9 Å². The molecule has 0 radical (unpaired) electrons. The molecule has 0 saturated carbocycles. The number of likely N-dealkylation sites (tertiary alicyclic amines) is 1. The summed E-state index contributed by atoms with van der Waals surface area (Å²) in [5, 5.41) is 18.4. The largest absolute Gasteiger partial charge is 0.478 e. The van der Waals surface area contributed by atoms with Crippen LogP contribution in [0.1, 0.15) is 46.8 Å². The molecule has 3 N–H and O–H groups in total. The predicted molar refractivity (Wildman–Crippen MR) is 152 cm³/mol. The highest BCUT2D eigenvalue weighted by molar-refractivity contribution is 5.93. The van der Waals surface area contributed by atoms with Crippen LogP contribution < -0.4 is 10.6 Å². The normalized spacial score (nSPS) is 18.2. The van der Waals surface area contributed by atoms with Crippen LogP contribution in [0, 0.1) is 5.92 Å². The Bertz CT molecular complexity index is 1420. The summed E-state index contributed by atoms with van der Waals surface area (Å²) in [6, 6.07) is 31.7. The van der Waals surface area contributed by atoms with Crippen LogP contribution in [0.5, 0.6) is 0 Å². The summed E-state index contributed by atoms with van der Waals surface area (Å²) in [7, 11) is 0. The number of nitrogens with zero attached hydrogens (tertiary/aromatic N) is 1. The van der Waals surface area contributed by atoms with Gasteiger partial charge in [0.1, 0.15) is 0 Å². The molecule has 0 aliphatic carbocycles. The van der Waals surface area contributed by atoms with Crippen LogP contribution in [0.15, 0.2) is 97.1 Å². The summed E-state index contributed by atoms with van der Waals surface area (Å²) >= 11 is 0. The third-order valence-electron chi connectivity index (χ3n) is 7.59. The van der Waals surface area contributed by atoms with Crippen LogP contribution in [0.4, 0.5) is 10.5 Å². The van der Waals surface area contributed by atoms with E-state index >= 15 is 0 Å². The smallest absolute Gasteiger partial charge is 0.335 e. The summed E-state index contributed by atoms with van der Waals surface area (Å²) < 4.78 is 0. The van der Waals surface area contributed by atoms with Crippen molar-refractivity contribution in [1.29, 1.82) is 0 Å². The molecule has 6 nitrogen and oxygen atoms in total. The summed E-state index contributed by atoms with van der Waals surface area (Å²) in [4.78, 5) is 26.4. The Hall–Kier alpha value is -4.16. The molecule has 4 aromatic rings. The second-order valence-corrected chi connectivity index (χ2v) is 10.0. The fourth-order valence-electron chi connectivity index (χ4n) is 5.56. The van der Waals surface area contributed by atoms with Gasteiger partial charge in [0.2, 0.25) is 0 Å². The van der Waals surface area contributed by atoms with Gasteiger partial charge >= 0.3 is 12.0 Å². The van der Waals surface area contributed by atoms with Crippen molar-refractivity contribution >= 4 is 28.5 Å². The number of anilines is 1. The highest BCUT2D eigenvalue weighted by atomic mass is 16.4. The van der Waals surface area contributed by atoms with Crippen LogP contribution in [-0.4, -0.2) is 41.6 Å². The minimum Gasteiger partial charge on any atom is -0.478 e. The molecule has 4 aromatic carbocycles. The van der Waals surface area contributed by atoms with E-state index in [-0.39, 0.29) is 23.6 Å². The lowest BCUT2D eigenvalue weighted by Crippen LogP contribution is -2.47. The van der Waals surface area contributed by atoms with Gasteiger partial charge in [-0.05, 0) is 65.3 Å². The molecule has 1 fully saturated rings. The maximum absolute atomic E-state index is 13.2. The number of amides is 2. The number of carboxylic acid groups (broad SMARTS) is 1. The zero-order valence-electron chi connectivity index (χ0n) is 21.5. The van der Waals surface area contributed by atoms with Crippen molar-refractivity contribution in [2.45, 2.75) is 25.3 Å². The SMILES string of the molecule is C[C@@H](NCC1CN(C(=O)Nc2cccc(C(=O)O)c2)CCC1c1ccccc1)c1cccc2ccccc12. The van der Waals surface area contributed by atoms with E-state index in [1.54, 1.807) is 12.1 Å². The van der Waals surface area contributed by atoms with Crippen LogP contribution in [0.25, 0.3) is 10.8 Å². The Balaban J connectivity index is 1.31. The summed E-state index contributed by atoms with van der Waals surface area (Å²) in [6.45, 7) is 4.21. The van der Waals surface area contributed by atoms with Gasteiger partial charge in [-0.2, -0.15) is 0 Å². The zero-order valence-corrected chi connectivity index (χ0v) is 21.5. The first-order chi connectivity index (χ1) is 18.5. The topological polar surface area (TPSA) is 81.7 Å². The molecule has 0 aromatic heterocycles. The lowest BCUT2D eigenvalue weighted by Gasteiger charge is -2.39. The number of urea groups is 1. The third kappa shape index (κ3) is 5.71. The van der Waals surface area contributed by atoms with Crippen LogP contribution >= 0.6 is 0 Å². The Morgan fingerprint density at radius 1 is 0.947 bits per heavy atom. The van der Waals surface area contributed by atoms with E-state index in [0.717, 1.165) is 13.0 Å². The number of benzene rings is 4. The van der Waals surface area contributed by atoms with Crippen molar-refractivity contribution < 1.29 is 14.7 Å². The minimum atomic E-state index is -1.02. The average Bonchev–Trinajstić information content (AvgIpc) is 2.96. The Morgan fingerprint density at radius 3 is 2.50 bits per heavy atom. The highest BCUT2D eigenvalue weighted by Gasteiger charge is 2.32. The van der Waals surface area contributed by atoms with Crippen molar-refractivity contribution in [1.82, 2.24) is 10.2 Å². The van der Waals surface area contributed by atoms with E-state index in [2.05, 4.69) is 84.3 Å². The number of fused-ring (bicyclic) bond motifs is 1. The predicted octanol–water partition coefficient (Wildman–Crippen LogP) is 6.53. The van der Waals surface area contributed by atoms with Gasteiger partial charge in [-0.25, -0.2) is 9.59 Å². The standard InChI is InChI=1S/C32H33N3O3/c1-22(28-16-8-12-24-11-5-6-15-30(24)28)33-20-26-21-35(18-17-29(26)23-9-3-2-4-10-23)32(38)34-27-14-7-13-25(19-27)31(36)37/h2-16,19,22,26,29,33H,17-18,20-21H2,1H3,(H,34,38)(H,36,37)/t22-,26?,29?/m1/s1. The van der Waals surface area contributed by atoms with Crippen LogP contribution in [-0.2, 0) is 0 Å². The van der Waals surface area contributed by atoms with Gasteiger partial charge in [0, 0.05) is 31.4 Å². The van der Waals surface area contributed by atoms with Crippen molar-refractivity contribution in [2.75, 3.05) is 25.0 Å². The van der Waals surface area contributed by atoms with E-state index < -0.39 is 5.97 Å². The number of aromatic carboxylic acids is 1. The Labute approximate surface area is 223 Å². The number of hydrogen-bond donors (Lipinski definition) is 3. The van der Waals surface area contributed by atoms with Crippen molar-refractivity contribution in [3.63, 3.8) is 0 Å². The number of piperidine rings is 1. The fourth-order valence-corrected chi connectivity index (χ4v) is 5.56. The maximum Gasteiger partial charge on any atom is 0.335 e. The monoisotopic (exact) mass is 507 g/mol. The van der Waals surface area contributed by atoms with Crippen molar-refractivity contribution in [2.24, 2.45) is 5.92 Å². The Kier molecular flexibility index (Phi) is 7.70. The number of carbonyl (C=O) groups excluding carboxylic acids is 1.